The van der Waals surface area contributed by atoms with Gasteiger partial charge in [0.05, 0.1) is 12.2 Å². The quantitative estimate of drug-likeness (QED) is 0.350. The Balaban J connectivity index is 1.60. The minimum Gasteiger partial charge on any atom is -0.508 e. The van der Waals surface area contributed by atoms with E-state index in [1.165, 1.54) is 12.1 Å². The Labute approximate surface area is 214 Å². The monoisotopic (exact) mass is 504 g/mol. The molecule has 2 aliphatic rings. The molecule has 2 atom stereocenters. The highest BCUT2D eigenvalue weighted by atomic mass is 19.1. The van der Waals surface area contributed by atoms with Gasteiger partial charge in [0.2, 0.25) is 0 Å². The van der Waals surface area contributed by atoms with Gasteiger partial charge in [0.1, 0.15) is 22.9 Å². The average molecular weight is 505 g/mol. The molecule has 2 bridgehead atoms. The molecule has 1 aromatic heterocycles. The Kier molecular flexibility index (Phi) is 6.07. The maximum Gasteiger partial charge on any atom is 0.319 e. The van der Waals surface area contributed by atoms with Crippen LogP contribution in [0.15, 0.2) is 36.4 Å². The van der Waals surface area contributed by atoms with Gasteiger partial charge >= 0.3 is 6.01 Å². The van der Waals surface area contributed by atoms with Crippen molar-refractivity contribution in [1.29, 1.82) is 0 Å². The van der Waals surface area contributed by atoms with Gasteiger partial charge in [-0.2, -0.15) is 9.97 Å². The first-order chi connectivity index (χ1) is 18.0. The molecule has 0 radical (unpaired) electrons. The largest absolute Gasteiger partial charge is 0.508 e. The van der Waals surface area contributed by atoms with E-state index in [1.807, 2.05) is 32.0 Å². The van der Waals surface area contributed by atoms with Crippen molar-refractivity contribution in [2.24, 2.45) is 0 Å². The predicted molar refractivity (Wildman–Crippen MR) is 141 cm³/mol. The van der Waals surface area contributed by atoms with Crippen LogP contribution in [-0.2, 0) is 6.42 Å². The van der Waals surface area contributed by atoms with Gasteiger partial charge in [0.25, 0.3) is 0 Å². The second-order valence-corrected chi connectivity index (χ2v) is 10.0. The summed E-state index contributed by atoms with van der Waals surface area (Å²) in [4.78, 5) is 11.1. The second kappa shape index (κ2) is 9.41. The lowest BCUT2D eigenvalue weighted by atomic mass is 9.92. The highest BCUT2D eigenvalue weighted by molar-refractivity contribution is 6.03. The number of aromatic hydroxyl groups is 1. The Morgan fingerprint density at radius 3 is 2.59 bits per heavy atom. The molecule has 3 heterocycles. The zero-order valence-electron chi connectivity index (χ0n) is 21.0. The van der Waals surface area contributed by atoms with Crippen LogP contribution in [0.25, 0.3) is 32.8 Å². The summed E-state index contributed by atoms with van der Waals surface area (Å²) in [6.45, 7) is 5.78. The van der Waals surface area contributed by atoms with Gasteiger partial charge in [0, 0.05) is 30.6 Å². The summed E-state index contributed by atoms with van der Waals surface area (Å²) in [5, 5.41) is 15.8. The Hall–Kier alpha value is -3.52. The molecule has 2 saturated heterocycles. The van der Waals surface area contributed by atoms with Crippen molar-refractivity contribution >= 4 is 27.5 Å². The van der Waals surface area contributed by atoms with Crippen LogP contribution in [0, 0.1) is 11.6 Å². The van der Waals surface area contributed by atoms with Gasteiger partial charge in [0.15, 0.2) is 5.82 Å². The summed E-state index contributed by atoms with van der Waals surface area (Å²) in [5.74, 6) is -1.06. The van der Waals surface area contributed by atoms with Gasteiger partial charge in [-0.05, 0) is 65.8 Å². The number of anilines is 1. The topological polar surface area (TPSA) is 70.5 Å². The molecule has 6 rings (SSSR count). The molecule has 3 aromatic carbocycles. The Bertz CT molecular complexity index is 1500. The average Bonchev–Trinajstić information content (AvgIpc) is 3.23. The van der Waals surface area contributed by atoms with Crippen LogP contribution in [0.2, 0.25) is 0 Å². The molecule has 192 valence electrons. The number of hydrogen-bond donors (Lipinski definition) is 2. The zero-order valence-corrected chi connectivity index (χ0v) is 21.0. The van der Waals surface area contributed by atoms with E-state index in [0.717, 1.165) is 35.6 Å². The van der Waals surface area contributed by atoms with E-state index in [0.29, 0.717) is 55.0 Å². The van der Waals surface area contributed by atoms with E-state index in [2.05, 4.69) is 20.2 Å². The third-order valence-corrected chi connectivity index (χ3v) is 7.49. The number of aryl methyl sites for hydroxylation is 1. The van der Waals surface area contributed by atoms with E-state index in [9.17, 15) is 5.11 Å². The molecule has 0 saturated carbocycles. The van der Waals surface area contributed by atoms with Crippen LogP contribution >= 0.6 is 0 Å². The summed E-state index contributed by atoms with van der Waals surface area (Å²) < 4.78 is 38.1. The van der Waals surface area contributed by atoms with Crippen molar-refractivity contribution in [3.05, 3.63) is 53.6 Å². The first-order valence-electron chi connectivity index (χ1n) is 13.0. The van der Waals surface area contributed by atoms with Gasteiger partial charge in [-0.3, -0.25) is 0 Å². The van der Waals surface area contributed by atoms with Crippen molar-refractivity contribution in [2.75, 3.05) is 24.6 Å². The molecular weight excluding hydrogens is 474 g/mol. The number of hydrogen-bond acceptors (Lipinski definition) is 6. The van der Waals surface area contributed by atoms with Gasteiger partial charge in [-0.25, -0.2) is 8.78 Å². The van der Waals surface area contributed by atoms with Crippen LogP contribution in [0.5, 0.6) is 11.8 Å². The molecular formula is C29H30F2N4O2. The van der Waals surface area contributed by atoms with Crippen LogP contribution in [0.3, 0.4) is 0 Å². The summed E-state index contributed by atoms with van der Waals surface area (Å²) in [6.07, 6.45) is 3.57. The number of fused-ring (bicyclic) bond motifs is 4. The first-order valence-corrected chi connectivity index (χ1v) is 13.0. The van der Waals surface area contributed by atoms with E-state index >= 15 is 8.78 Å². The number of rotatable bonds is 6. The molecule has 2 N–H and O–H groups in total. The van der Waals surface area contributed by atoms with Crippen LogP contribution in [0.4, 0.5) is 14.6 Å². The minimum atomic E-state index is -0.782. The van der Waals surface area contributed by atoms with Crippen molar-refractivity contribution in [3.8, 4) is 22.9 Å². The number of phenols is 1. The number of nitrogens with zero attached hydrogens (tertiary/aromatic N) is 3. The van der Waals surface area contributed by atoms with E-state index in [4.69, 9.17) is 4.74 Å². The standard InChI is InChI=1S/C29H30F2N4O2/c1-3-10-37-29-33-27-22(28(34-29)35-14-18-8-9-19(15-35)32-18)13-23(30)25(26(27)31)21-12-20(36)11-17-7-5-6-16(4-2)24(17)21/h5-7,11-13,18-19,32,36H,3-4,8-10,14-15H2,1-2H3. The number of ether oxygens (including phenoxy) is 1. The third kappa shape index (κ3) is 4.13. The van der Waals surface area contributed by atoms with Crippen LogP contribution < -0.4 is 15.0 Å². The highest BCUT2D eigenvalue weighted by Crippen LogP contribution is 2.41. The number of benzene rings is 3. The van der Waals surface area contributed by atoms with Crippen LogP contribution in [-0.4, -0.2) is 46.9 Å². The lowest BCUT2D eigenvalue weighted by Gasteiger charge is -2.34. The third-order valence-electron chi connectivity index (χ3n) is 7.49. The van der Waals surface area contributed by atoms with Crippen molar-refractivity contribution in [1.82, 2.24) is 15.3 Å². The van der Waals surface area contributed by atoms with Gasteiger partial charge in [-0.15, -0.1) is 0 Å². The van der Waals surface area contributed by atoms with Crippen molar-refractivity contribution < 1.29 is 18.6 Å². The first kappa shape index (κ1) is 23.9. The van der Waals surface area contributed by atoms with E-state index in [-0.39, 0.29) is 22.8 Å². The van der Waals surface area contributed by atoms with E-state index < -0.39 is 11.6 Å². The predicted octanol–water partition coefficient (Wildman–Crippen LogP) is 5.73. The molecule has 37 heavy (non-hydrogen) atoms. The number of aromatic nitrogens is 2. The maximum atomic E-state index is 16.4. The SMILES string of the molecule is CCCOc1nc(N2CC3CCC(C2)N3)c2cc(F)c(-c3cc(O)cc4cccc(CC)c34)c(F)c2n1. The molecule has 0 amide bonds. The summed E-state index contributed by atoms with van der Waals surface area (Å²) in [6, 6.07) is 10.8. The van der Waals surface area contributed by atoms with Crippen molar-refractivity contribution in [3.63, 3.8) is 0 Å². The Morgan fingerprint density at radius 1 is 1.08 bits per heavy atom. The molecule has 6 nitrogen and oxygen atoms in total. The summed E-state index contributed by atoms with van der Waals surface area (Å²) in [5.41, 5.74) is 1.06. The fraction of sp³-hybridized carbons (Fsp3) is 0.379. The molecule has 8 heteroatoms. The molecule has 2 aliphatic heterocycles. The maximum absolute atomic E-state index is 16.4. The zero-order chi connectivity index (χ0) is 25.7. The molecule has 2 fully saturated rings. The summed E-state index contributed by atoms with van der Waals surface area (Å²) >= 11 is 0. The Morgan fingerprint density at radius 2 is 1.86 bits per heavy atom. The number of nitrogens with one attached hydrogen (secondary N) is 1. The van der Waals surface area contributed by atoms with Gasteiger partial charge < -0.3 is 20.1 Å². The molecule has 0 aliphatic carbocycles. The van der Waals surface area contributed by atoms with E-state index in [1.54, 1.807) is 6.07 Å². The smallest absolute Gasteiger partial charge is 0.319 e. The van der Waals surface area contributed by atoms with Crippen LogP contribution in [0.1, 0.15) is 38.7 Å². The number of phenolic OH excluding ortho intramolecular Hbond substituents is 1. The molecule has 0 spiro atoms. The highest BCUT2D eigenvalue weighted by Gasteiger charge is 2.34. The lowest BCUT2D eigenvalue weighted by molar-refractivity contribution is 0.293. The molecule has 2 unspecified atom stereocenters. The lowest BCUT2D eigenvalue weighted by Crippen LogP contribution is -2.51. The minimum absolute atomic E-state index is 0.0175. The fourth-order valence-corrected chi connectivity index (χ4v) is 5.86. The normalized spacial score (nSPS) is 19.2. The van der Waals surface area contributed by atoms with Crippen molar-refractivity contribution in [2.45, 2.75) is 51.6 Å². The summed E-state index contributed by atoms with van der Waals surface area (Å²) in [7, 11) is 0. The number of halogens is 2. The fourth-order valence-electron chi connectivity index (χ4n) is 5.86. The van der Waals surface area contributed by atoms with Gasteiger partial charge in [-0.1, -0.05) is 32.0 Å². The molecule has 4 aromatic rings. The second-order valence-electron chi connectivity index (χ2n) is 10.0. The number of piperazine rings is 1.